The van der Waals surface area contributed by atoms with Crippen molar-refractivity contribution in [3.63, 3.8) is 0 Å². The normalized spacial score (nSPS) is 17.7. The number of hydrogen-bond donors (Lipinski definition) is 1. The minimum atomic E-state index is -1.05. The zero-order valence-corrected chi connectivity index (χ0v) is 23.5. The maximum absolute atomic E-state index is 15.0. The molecule has 0 bridgehead atoms. The molecule has 41 heavy (non-hydrogen) atoms. The molecule has 1 atom stereocenters. The maximum atomic E-state index is 15.0. The molecule has 0 aromatic heterocycles. The number of halogens is 4. The lowest BCUT2D eigenvalue weighted by Crippen LogP contribution is -2.25. The molecule has 3 aromatic carbocycles. The molecular formula is C34H38F4O3. The lowest BCUT2D eigenvalue weighted by atomic mass is 9.76. The molecule has 4 rings (SSSR count). The summed E-state index contributed by atoms with van der Waals surface area (Å²) in [5, 5.41) is 10.3. The largest absolute Gasteiger partial charge is 0.490 e. The summed E-state index contributed by atoms with van der Waals surface area (Å²) < 4.78 is 70.3. The van der Waals surface area contributed by atoms with Gasteiger partial charge in [0.05, 0.1) is 12.7 Å². The van der Waals surface area contributed by atoms with Gasteiger partial charge in [-0.25, -0.2) is 13.2 Å². The first-order valence-corrected chi connectivity index (χ1v) is 14.4. The highest BCUT2D eigenvalue weighted by molar-refractivity contribution is 5.66. The van der Waals surface area contributed by atoms with Crippen LogP contribution in [0, 0.1) is 29.2 Å². The predicted octanol–water partition coefficient (Wildman–Crippen LogP) is 9.27. The van der Waals surface area contributed by atoms with Crippen molar-refractivity contribution in [1.29, 1.82) is 0 Å². The van der Waals surface area contributed by atoms with Crippen molar-refractivity contribution in [1.82, 2.24) is 0 Å². The van der Waals surface area contributed by atoms with Gasteiger partial charge in [0.1, 0.15) is 12.4 Å². The van der Waals surface area contributed by atoms with Gasteiger partial charge < -0.3 is 14.6 Å². The molecule has 1 aliphatic rings. The van der Waals surface area contributed by atoms with Crippen molar-refractivity contribution in [2.24, 2.45) is 5.92 Å². The van der Waals surface area contributed by atoms with E-state index in [2.05, 4.69) is 6.58 Å². The SMILES string of the molecule is C=CCCCOc1ccc(-c2ccc(OCc3ccc(C4CCC(C(O)CCC)CC4)c(F)c3F)cc2)c(F)c1F. The summed E-state index contributed by atoms with van der Waals surface area (Å²) in [5.41, 5.74) is 0.983. The number of allylic oxidation sites excluding steroid dienone is 1. The predicted molar refractivity (Wildman–Crippen MR) is 153 cm³/mol. The topological polar surface area (TPSA) is 38.7 Å². The second-order valence-corrected chi connectivity index (χ2v) is 10.7. The third-order valence-corrected chi connectivity index (χ3v) is 7.95. The summed E-state index contributed by atoms with van der Waals surface area (Å²) in [6.07, 6.45) is 7.52. The van der Waals surface area contributed by atoms with Crippen LogP contribution in [0.4, 0.5) is 17.6 Å². The van der Waals surface area contributed by atoms with Crippen LogP contribution in [-0.2, 0) is 6.61 Å². The zero-order valence-electron chi connectivity index (χ0n) is 23.5. The summed E-state index contributed by atoms with van der Waals surface area (Å²) in [6, 6.07) is 12.3. The van der Waals surface area contributed by atoms with Crippen LogP contribution in [0.3, 0.4) is 0 Å². The first kappa shape index (κ1) is 30.6. The number of benzene rings is 3. The third-order valence-electron chi connectivity index (χ3n) is 7.95. The van der Waals surface area contributed by atoms with Crippen molar-refractivity contribution >= 4 is 0 Å². The number of unbranched alkanes of at least 4 members (excludes halogenated alkanes) is 1. The lowest BCUT2D eigenvalue weighted by molar-refractivity contribution is 0.0727. The molecule has 1 fully saturated rings. The number of aliphatic hydroxyl groups excluding tert-OH is 1. The highest BCUT2D eigenvalue weighted by Crippen LogP contribution is 2.39. The van der Waals surface area contributed by atoms with Gasteiger partial charge in [-0.1, -0.05) is 43.7 Å². The number of rotatable bonds is 13. The van der Waals surface area contributed by atoms with Gasteiger partial charge in [-0.15, -0.1) is 6.58 Å². The van der Waals surface area contributed by atoms with Crippen molar-refractivity contribution < 1.29 is 32.1 Å². The molecule has 0 saturated heterocycles. The van der Waals surface area contributed by atoms with Crippen molar-refractivity contribution in [3.8, 4) is 22.6 Å². The third kappa shape index (κ3) is 7.50. The summed E-state index contributed by atoms with van der Waals surface area (Å²) in [4.78, 5) is 0. The smallest absolute Gasteiger partial charge is 0.201 e. The molecule has 1 saturated carbocycles. The molecule has 1 unspecified atom stereocenters. The molecule has 0 heterocycles. The molecule has 0 radical (unpaired) electrons. The highest BCUT2D eigenvalue weighted by Gasteiger charge is 2.29. The Bertz CT molecular complexity index is 1300. The lowest BCUT2D eigenvalue weighted by Gasteiger charge is -2.32. The van der Waals surface area contributed by atoms with E-state index in [0.717, 1.165) is 44.9 Å². The van der Waals surface area contributed by atoms with Gasteiger partial charge in [0.15, 0.2) is 23.2 Å². The molecule has 3 aromatic rings. The Morgan fingerprint density at radius 2 is 1.61 bits per heavy atom. The van der Waals surface area contributed by atoms with Crippen molar-refractivity contribution in [3.05, 3.63) is 95.6 Å². The van der Waals surface area contributed by atoms with E-state index >= 15 is 4.39 Å². The second-order valence-electron chi connectivity index (χ2n) is 10.7. The summed E-state index contributed by atoms with van der Waals surface area (Å²) >= 11 is 0. The number of ether oxygens (including phenoxy) is 2. The van der Waals surface area contributed by atoms with E-state index in [1.807, 2.05) is 6.92 Å². The van der Waals surface area contributed by atoms with Crippen LogP contribution in [0.2, 0.25) is 0 Å². The minimum Gasteiger partial charge on any atom is -0.490 e. The average Bonchev–Trinajstić information content (AvgIpc) is 2.99. The standard InChI is InChI=1S/C34H38F4O3/c1-3-5-6-20-40-30-19-18-28(33(37)34(30)38)23-12-15-26(16-13-23)41-21-25-14-17-27(32(36)31(25)35)22-8-10-24(11-9-22)29(39)7-4-2/h3,12-19,22,24,29,39H,1,4-11,20-21H2,2H3. The van der Waals surface area contributed by atoms with Crippen LogP contribution in [0.15, 0.2) is 61.2 Å². The quantitative estimate of drug-likeness (QED) is 0.126. The molecule has 7 heteroatoms. The van der Waals surface area contributed by atoms with Crippen molar-refractivity contribution in [2.45, 2.75) is 76.9 Å². The van der Waals surface area contributed by atoms with Gasteiger partial charge in [0.25, 0.3) is 0 Å². The molecular weight excluding hydrogens is 532 g/mol. The van der Waals surface area contributed by atoms with Crippen LogP contribution in [0.25, 0.3) is 11.1 Å². The van der Waals surface area contributed by atoms with Crippen LogP contribution in [0.5, 0.6) is 11.5 Å². The highest BCUT2D eigenvalue weighted by atomic mass is 19.2. The maximum Gasteiger partial charge on any atom is 0.201 e. The van der Waals surface area contributed by atoms with E-state index < -0.39 is 23.3 Å². The average molecular weight is 571 g/mol. The van der Waals surface area contributed by atoms with Gasteiger partial charge in [-0.3, -0.25) is 0 Å². The van der Waals surface area contributed by atoms with Gasteiger partial charge >= 0.3 is 0 Å². The van der Waals surface area contributed by atoms with Gasteiger partial charge in [-0.05, 0) is 92.2 Å². The molecule has 0 amide bonds. The van der Waals surface area contributed by atoms with Crippen LogP contribution in [-0.4, -0.2) is 17.8 Å². The van der Waals surface area contributed by atoms with Gasteiger partial charge in [-0.2, -0.15) is 4.39 Å². The fraction of sp³-hybridized carbons (Fsp3) is 0.412. The Labute approximate surface area is 239 Å². The molecule has 0 spiro atoms. The van der Waals surface area contributed by atoms with E-state index in [1.54, 1.807) is 42.5 Å². The van der Waals surface area contributed by atoms with Crippen LogP contribution >= 0.6 is 0 Å². The zero-order chi connectivity index (χ0) is 29.4. The molecule has 0 aliphatic heterocycles. The van der Waals surface area contributed by atoms with Crippen molar-refractivity contribution in [2.75, 3.05) is 6.61 Å². The summed E-state index contributed by atoms with van der Waals surface area (Å²) in [6.45, 7) is 5.73. The van der Waals surface area contributed by atoms with E-state index in [4.69, 9.17) is 9.47 Å². The van der Waals surface area contributed by atoms with Crippen LogP contribution in [0.1, 0.15) is 75.3 Å². The van der Waals surface area contributed by atoms with E-state index in [1.165, 1.54) is 12.1 Å². The van der Waals surface area contributed by atoms with E-state index in [-0.39, 0.29) is 48.0 Å². The van der Waals surface area contributed by atoms with E-state index in [0.29, 0.717) is 23.3 Å². The Morgan fingerprint density at radius 1 is 0.878 bits per heavy atom. The Hall–Kier alpha value is -3.32. The summed E-state index contributed by atoms with van der Waals surface area (Å²) in [5.74, 6) is -3.44. The molecule has 3 nitrogen and oxygen atoms in total. The molecule has 220 valence electrons. The fourth-order valence-corrected chi connectivity index (χ4v) is 5.55. The monoisotopic (exact) mass is 570 g/mol. The first-order valence-electron chi connectivity index (χ1n) is 14.4. The van der Waals surface area contributed by atoms with Gasteiger partial charge in [0, 0.05) is 11.1 Å². The molecule has 1 aliphatic carbocycles. The summed E-state index contributed by atoms with van der Waals surface area (Å²) in [7, 11) is 0. The minimum absolute atomic E-state index is 0.0693. The Morgan fingerprint density at radius 3 is 2.29 bits per heavy atom. The van der Waals surface area contributed by atoms with Gasteiger partial charge in [0.2, 0.25) is 5.82 Å². The second kappa shape index (κ2) is 14.5. The fourth-order valence-electron chi connectivity index (χ4n) is 5.55. The van der Waals surface area contributed by atoms with Crippen LogP contribution < -0.4 is 9.47 Å². The first-order chi connectivity index (χ1) is 19.8. The Balaban J connectivity index is 1.36. The van der Waals surface area contributed by atoms with E-state index in [9.17, 15) is 18.3 Å². The number of aliphatic hydroxyl groups is 1. The number of hydrogen-bond acceptors (Lipinski definition) is 3. The molecule has 1 N–H and O–H groups in total. The Kier molecular flexibility index (Phi) is 10.9.